The number of amides is 2. The number of esters is 1. The van der Waals surface area contributed by atoms with E-state index in [9.17, 15) is 14.4 Å². The van der Waals surface area contributed by atoms with Gasteiger partial charge in [-0.1, -0.05) is 12.8 Å². The van der Waals surface area contributed by atoms with Crippen molar-refractivity contribution >= 4 is 35.9 Å². The van der Waals surface area contributed by atoms with Gasteiger partial charge in [-0.2, -0.15) is 0 Å². The molecule has 0 aromatic heterocycles. The number of benzene rings is 1. The Morgan fingerprint density at radius 1 is 1.22 bits per heavy atom. The molecule has 0 heterocycles. The molecule has 1 aromatic rings. The Kier molecular flexibility index (Phi) is 8.72. The fourth-order valence-corrected chi connectivity index (χ4v) is 3.21. The first-order valence-corrected chi connectivity index (χ1v) is 8.88. The highest BCUT2D eigenvalue weighted by molar-refractivity contribution is 5.96. The SMILES string of the molecule is COC(=O)CCNC(=O)c1ccc(NC(=O)C2CCCCC2(C)N)cc1.Cl. The van der Waals surface area contributed by atoms with Gasteiger partial charge < -0.3 is 21.1 Å². The molecule has 27 heavy (non-hydrogen) atoms. The summed E-state index contributed by atoms with van der Waals surface area (Å²) in [5.41, 5.74) is 6.87. The molecule has 1 saturated carbocycles. The first-order chi connectivity index (χ1) is 12.3. The number of nitrogens with one attached hydrogen (secondary N) is 2. The number of nitrogens with two attached hydrogens (primary N) is 1. The lowest BCUT2D eigenvalue weighted by Gasteiger charge is -2.37. The van der Waals surface area contributed by atoms with Crippen LogP contribution in [0.25, 0.3) is 0 Å². The molecule has 1 aromatic carbocycles. The zero-order valence-corrected chi connectivity index (χ0v) is 16.6. The summed E-state index contributed by atoms with van der Waals surface area (Å²) in [4.78, 5) is 35.6. The lowest BCUT2D eigenvalue weighted by Crippen LogP contribution is -2.51. The average molecular weight is 398 g/mol. The zero-order chi connectivity index (χ0) is 19.2. The summed E-state index contributed by atoms with van der Waals surface area (Å²) in [7, 11) is 1.30. The van der Waals surface area contributed by atoms with Crippen LogP contribution >= 0.6 is 12.4 Å². The first-order valence-electron chi connectivity index (χ1n) is 8.88. The molecule has 4 N–H and O–H groups in total. The molecule has 150 valence electrons. The minimum absolute atomic E-state index is 0. The van der Waals surface area contributed by atoms with E-state index in [1.165, 1.54) is 7.11 Å². The number of halogens is 1. The van der Waals surface area contributed by atoms with Crippen LogP contribution in [-0.4, -0.2) is 37.0 Å². The number of hydrogen-bond acceptors (Lipinski definition) is 5. The fourth-order valence-electron chi connectivity index (χ4n) is 3.21. The Morgan fingerprint density at radius 3 is 2.48 bits per heavy atom. The van der Waals surface area contributed by atoms with Gasteiger partial charge in [-0.15, -0.1) is 12.4 Å². The number of carbonyl (C=O) groups excluding carboxylic acids is 3. The van der Waals surface area contributed by atoms with Crippen LogP contribution in [0.1, 0.15) is 49.4 Å². The molecule has 1 aliphatic carbocycles. The molecule has 1 fully saturated rings. The van der Waals surface area contributed by atoms with E-state index in [1.54, 1.807) is 24.3 Å². The van der Waals surface area contributed by atoms with E-state index in [0.717, 1.165) is 25.7 Å². The third kappa shape index (κ3) is 6.52. The minimum atomic E-state index is -0.484. The topological polar surface area (TPSA) is 111 Å². The molecule has 0 aliphatic heterocycles. The van der Waals surface area contributed by atoms with E-state index < -0.39 is 5.54 Å². The molecule has 0 bridgehead atoms. The smallest absolute Gasteiger partial charge is 0.307 e. The van der Waals surface area contributed by atoms with Crippen molar-refractivity contribution in [2.24, 2.45) is 11.7 Å². The van der Waals surface area contributed by atoms with Crippen molar-refractivity contribution in [2.75, 3.05) is 19.0 Å². The summed E-state index contributed by atoms with van der Waals surface area (Å²) >= 11 is 0. The highest BCUT2D eigenvalue weighted by atomic mass is 35.5. The van der Waals surface area contributed by atoms with E-state index in [2.05, 4.69) is 15.4 Å². The number of anilines is 1. The summed E-state index contributed by atoms with van der Waals surface area (Å²) in [6, 6.07) is 6.63. The Balaban J connectivity index is 0.00000364. The third-order valence-electron chi connectivity index (χ3n) is 4.83. The van der Waals surface area contributed by atoms with Crippen molar-refractivity contribution < 1.29 is 19.1 Å². The Hall–Kier alpha value is -2.12. The first kappa shape index (κ1) is 22.9. The summed E-state index contributed by atoms with van der Waals surface area (Å²) in [6.45, 7) is 2.14. The van der Waals surface area contributed by atoms with Gasteiger partial charge in [-0.25, -0.2) is 0 Å². The maximum atomic E-state index is 12.5. The average Bonchev–Trinajstić information content (AvgIpc) is 2.61. The Bertz CT molecular complexity index is 661. The van der Waals surface area contributed by atoms with Crippen LogP contribution in [0.4, 0.5) is 5.69 Å². The number of ether oxygens (including phenoxy) is 1. The van der Waals surface area contributed by atoms with Gasteiger partial charge in [0.2, 0.25) is 5.91 Å². The summed E-state index contributed by atoms with van der Waals surface area (Å²) in [5.74, 6) is -0.950. The maximum Gasteiger partial charge on any atom is 0.307 e. The zero-order valence-electron chi connectivity index (χ0n) is 15.7. The minimum Gasteiger partial charge on any atom is -0.469 e. The highest BCUT2D eigenvalue weighted by Crippen LogP contribution is 2.32. The molecule has 2 rings (SSSR count). The third-order valence-corrected chi connectivity index (χ3v) is 4.83. The summed E-state index contributed by atoms with van der Waals surface area (Å²) < 4.78 is 4.52. The van der Waals surface area contributed by atoms with Gasteiger partial charge in [-0.3, -0.25) is 14.4 Å². The van der Waals surface area contributed by atoms with Crippen LogP contribution in [0.5, 0.6) is 0 Å². The van der Waals surface area contributed by atoms with Gasteiger partial charge in [-0.05, 0) is 44.0 Å². The summed E-state index contributed by atoms with van der Waals surface area (Å²) in [6.07, 6.45) is 3.82. The molecule has 8 heteroatoms. The monoisotopic (exact) mass is 397 g/mol. The van der Waals surface area contributed by atoms with Crippen LogP contribution in [0.3, 0.4) is 0 Å². The largest absolute Gasteiger partial charge is 0.469 e. The predicted octanol–water partition coefficient (Wildman–Crippen LogP) is 2.25. The van der Waals surface area contributed by atoms with Crippen LogP contribution in [0.2, 0.25) is 0 Å². The van der Waals surface area contributed by atoms with E-state index in [-0.39, 0.29) is 49.1 Å². The van der Waals surface area contributed by atoms with E-state index >= 15 is 0 Å². The molecule has 1 aliphatic rings. The molecule has 2 unspecified atom stereocenters. The number of hydrogen-bond donors (Lipinski definition) is 3. The van der Waals surface area contributed by atoms with Gasteiger partial charge in [0, 0.05) is 23.3 Å². The van der Waals surface area contributed by atoms with Crippen molar-refractivity contribution in [2.45, 2.75) is 44.6 Å². The molecule has 2 atom stereocenters. The standard InChI is InChI=1S/C19H27N3O4.ClH/c1-19(20)11-4-3-5-15(19)18(25)22-14-8-6-13(7-9-14)17(24)21-12-10-16(23)26-2;/h6-9,15H,3-5,10-12,20H2,1-2H3,(H,21,24)(H,22,25);1H. The Morgan fingerprint density at radius 2 is 1.89 bits per heavy atom. The molecular formula is C19H28ClN3O4. The van der Waals surface area contributed by atoms with Gasteiger partial charge >= 0.3 is 5.97 Å². The van der Waals surface area contributed by atoms with Gasteiger partial charge in [0.15, 0.2) is 0 Å². The number of rotatable bonds is 6. The van der Waals surface area contributed by atoms with Gasteiger partial charge in [0.1, 0.15) is 0 Å². The molecule has 0 radical (unpaired) electrons. The number of carbonyl (C=O) groups is 3. The van der Waals surface area contributed by atoms with Crippen LogP contribution < -0.4 is 16.4 Å². The highest BCUT2D eigenvalue weighted by Gasteiger charge is 2.37. The molecular weight excluding hydrogens is 370 g/mol. The van der Waals surface area contributed by atoms with Crippen LogP contribution in [0.15, 0.2) is 24.3 Å². The van der Waals surface area contributed by atoms with Crippen molar-refractivity contribution in [1.29, 1.82) is 0 Å². The van der Waals surface area contributed by atoms with E-state index in [1.807, 2.05) is 6.92 Å². The molecule has 7 nitrogen and oxygen atoms in total. The molecule has 0 spiro atoms. The van der Waals surface area contributed by atoms with Crippen molar-refractivity contribution in [3.05, 3.63) is 29.8 Å². The van der Waals surface area contributed by atoms with Crippen molar-refractivity contribution in [1.82, 2.24) is 5.32 Å². The summed E-state index contributed by atoms with van der Waals surface area (Å²) in [5, 5.41) is 5.53. The Labute approximate surface area is 165 Å². The molecule has 0 saturated heterocycles. The van der Waals surface area contributed by atoms with Gasteiger partial charge in [0.25, 0.3) is 5.91 Å². The van der Waals surface area contributed by atoms with E-state index in [4.69, 9.17) is 5.73 Å². The second-order valence-electron chi connectivity index (χ2n) is 6.95. The maximum absolute atomic E-state index is 12.5. The predicted molar refractivity (Wildman–Crippen MR) is 106 cm³/mol. The fraction of sp³-hybridized carbons (Fsp3) is 0.526. The molecule has 2 amide bonds. The van der Waals surface area contributed by atoms with Crippen LogP contribution in [0, 0.1) is 5.92 Å². The van der Waals surface area contributed by atoms with Crippen molar-refractivity contribution in [3.8, 4) is 0 Å². The van der Waals surface area contributed by atoms with Crippen LogP contribution in [-0.2, 0) is 14.3 Å². The quantitative estimate of drug-likeness (QED) is 0.637. The van der Waals surface area contributed by atoms with Gasteiger partial charge in [0.05, 0.1) is 19.4 Å². The second-order valence-corrected chi connectivity index (χ2v) is 6.95. The second kappa shape index (κ2) is 10.3. The number of methoxy groups -OCH3 is 1. The van der Waals surface area contributed by atoms with E-state index in [0.29, 0.717) is 11.3 Å². The normalized spacial score (nSPS) is 21.5. The van der Waals surface area contributed by atoms with Crippen molar-refractivity contribution in [3.63, 3.8) is 0 Å². The lowest BCUT2D eigenvalue weighted by atomic mass is 9.74. The lowest BCUT2D eigenvalue weighted by molar-refractivity contribution is -0.140.